The van der Waals surface area contributed by atoms with Crippen LogP contribution in [0.15, 0.2) is 33.7 Å². The summed E-state index contributed by atoms with van der Waals surface area (Å²) in [5.41, 5.74) is 22.1. The SMILES string of the molecule is CCCOCCOCCOCCOCCC(=O)N1C[C@@H](C(=O)CCCNC(=O)O[C@@H]([C@@H]2OC(C(=O)O)=C[C@H](N=C(N)N)[C@H]2C)[C@H](O)CO)[C@H](C(=O)CCCNC(=O)O[C@@H]([C@@H]2OC(C(=O)O)=C[C@H](N=C(N)N)[C@H]2NC(C)=O)[C@H](O)CO)C1. The molecule has 3 heterocycles. The van der Waals surface area contributed by atoms with Crippen LogP contribution in [0.2, 0.25) is 0 Å². The molecule has 0 aromatic heterocycles. The number of amides is 4. The van der Waals surface area contributed by atoms with Crippen molar-refractivity contribution in [1.29, 1.82) is 0 Å². The van der Waals surface area contributed by atoms with E-state index in [2.05, 4.69) is 25.9 Å². The number of carbonyl (C=O) groups is 8. The molecule has 0 unspecified atom stereocenters. The predicted octanol–water partition coefficient (Wildman–Crippen LogP) is -4.32. The maximum Gasteiger partial charge on any atom is 0.407 e. The molecule has 0 aromatic rings. The molecule has 1 saturated heterocycles. The zero-order chi connectivity index (χ0) is 60.2. The Kier molecular flexibility index (Phi) is 30.1. The second-order valence-corrected chi connectivity index (χ2v) is 19.0. The van der Waals surface area contributed by atoms with E-state index in [9.17, 15) is 69.0 Å². The summed E-state index contributed by atoms with van der Waals surface area (Å²) in [5, 5.41) is 67.8. The van der Waals surface area contributed by atoms with Gasteiger partial charge in [-0.2, -0.15) is 0 Å². The number of alkyl carbamates (subject to hydrolysis) is 2. The van der Waals surface area contributed by atoms with Crippen molar-refractivity contribution < 1.29 is 107 Å². The second-order valence-electron chi connectivity index (χ2n) is 19.0. The topological polar surface area (TPSA) is 500 Å². The number of aliphatic hydroxyl groups is 4. The third-order valence-corrected chi connectivity index (χ3v) is 12.8. The summed E-state index contributed by atoms with van der Waals surface area (Å²) >= 11 is 0. The second kappa shape index (κ2) is 35.7. The van der Waals surface area contributed by atoms with Crippen molar-refractivity contribution in [3.05, 3.63) is 23.7 Å². The molecule has 4 amide bonds. The fraction of sp³-hybridized carbons (Fsp3) is 0.714. The highest BCUT2D eigenvalue weighted by molar-refractivity contribution is 5.92. The first-order chi connectivity index (χ1) is 38.5. The number of nitrogens with one attached hydrogen (secondary N) is 3. The summed E-state index contributed by atoms with van der Waals surface area (Å²) in [6.45, 7) is 4.68. The molecule has 0 spiro atoms. The number of carboxylic acids is 2. The van der Waals surface area contributed by atoms with Crippen LogP contribution in [0.5, 0.6) is 0 Å². The first kappa shape index (κ1) is 68.3. The maximum absolute atomic E-state index is 13.9. The minimum atomic E-state index is -1.90. The molecule has 1 fully saturated rings. The molecule has 12 atom stereocenters. The van der Waals surface area contributed by atoms with Crippen molar-refractivity contribution in [3.63, 3.8) is 0 Å². The van der Waals surface area contributed by atoms with E-state index in [4.69, 9.17) is 60.8 Å². The Labute approximate surface area is 466 Å². The number of nitrogens with zero attached hydrogens (tertiary/aromatic N) is 3. The normalized spacial score (nSPS) is 22.8. The number of carboxylic acid groups (broad SMARTS) is 2. The molecule has 81 heavy (non-hydrogen) atoms. The van der Waals surface area contributed by atoms with Crippen molar-refractivity contribution in [2.24, 2.45) is 50.7 Å². The molecule has 32 heteroatoms. The number of aliphatic imine (C=N–C) groups is 2. The number of ketones is 2. The van der Waals surface area contributed by atoms with Crippen LogP contribution in [0.4, 0.5) is 9.59 Å². The molecular weight excluding hydrogens is 1080 g/mol. The van der Waals surface area contributed by atoms with Gasteiger partial charge in [0.2, 0.25) is 23.3 Å². The van der Waals surface area contributed by atoms with Gasteiger partial charge < -0.3 is 112 Å². The van der Waals surface area contributed by atoms with Crippen molar-refractivity contribution in [2.45, 2.75) is 114 Å². The van der Waals surface area contributed by atoms with E-state index in [0.29, 0.717) is 33.0 Å². The van der Waals surface area contributed by atoms with Crippen molar-refractivity contribution in [2.75, 3.05) is 92.2 Å². The third kappa shape index (κ3) is 23.2. The van der Waals surface area contributed by atoms with Gasteiger partial charge in [0.05, 0.1) is 84.0 Å². The zero-order valence-electron chi connectivity index (χ0n) is 45.6. The average molecular weight is 1160 g/mol. The van der Waals surface area contributed by atoms with Crippen molar-refractivity contribution in [3.8, 4) is 0 Å². The van der Waals surface area contributed by atoms with Crippen molar-refractivity contribution >= 4 is 59.4 Å². The summed E-state index contributed by atoms with van der Waals surface area (Å²) in [7, 11) is 0. The number of hydrogen-bond donors (Lipinski definition) is 13. The Balaban J connectivity index is 1.66. The van der Waals surface area contributed by atoms with E-state index >= 15 is 0 Å². The molecule has 0 radical (unpaired) electrons. The molecule has 32 nitrogen and oxygen atoms in total. The molecule has 0 aromatic carbocycles. The summed E-state index contributed by atoms with van der Waals surface area (Å²) in [6.07, 6.45) is -10.1. The van der Waals surface area contributed by atoms with Crippen LogP contribution in [-0.2, 0) is 66.7 Å². The lowest BCUT2D eigenvalue weighted by molar-refractivity contribution is -0.147. The molecule has 17 N–H and O–H groups in total. The fourth-order valence-electron chi connectivity index (χ4n) is 8.83. The highest BCUT2D eigenvalue weighted by atomic mass is 16.6. The lowest BCUT2D eigenvalue weighted by Gasteiger charge is -2.39. The first-order valence-corrected chi connectivity index (χ1v) is 26.3. The van der Waals surface area contributed by atoms with Crippen LogP contribution in [0.3, 0.4) is 0 Å². The van der Waals surface area contributed by atoms with Crippen LogP contribution < -0.4 is 38.9 Å². The Hall–Kier alpha value is -6.94. The Morgan fingerprint density at radius 1 is 0.654 bits per heavy atom. The standard InChI is InChI=1S/C49H80N10O22/c1-4-12-74-14-16-76-18-19-77-17-15-75-13-9-38(67)59-22-28(32(63)7-5-10-54-48(72)80-41(34(65)24-60)40-26(2)30(57-46(50)51)20-36(78-40)44(68)69)29(23-59)33(64)8-6-11-55-49(73)81-42(35(66)25-61)43-39(56-27(3)62)31(58-47(52)53)21-37(79-43)45(70)71/h20-21,26,28-31,34-35,39-43,60-61,65-66H,4-19,22-25H2,1-3H3,(H,54,72)(H,55,73)(H,56,62)(H,68,69)(H,70,71)(H4,50,51,57)(H4,52,53,58)/t26-,28-,29-,30+,31+,34-,35-,39-,40-,41-,42-,43-/m1/s1. The third-order valence-electron chi connectivity index (χ3n) is 12.8. The number of aliphatic hydroxyl groups excluding tert-OH is 4. The van der Waals surface area contributed by atoms with Gasteiger partial charge in [-0.25, -0.2) is 29.2 Å². The molecule has 0 saturated carbocycles. The van der Waals surface area contributed by atoms with Gasteiger partial charge in [-0.1, -0.05) is 13.8 Å². The number of rotatable bonds is 37. The number of likely N-dealkylation sites (tertiary alicyclic amines) is 1. The summed E-state index contributed by atoms with van der Waals surface area (Å²) in [5.74, 6) is -10.1. The van der Waals surface area contributed by atoms with E-state index in [1.165, 1.54) is 11.8 Å². The Bertz CT molecular complexity index is 2210. The Morgan fingerprint density at radius 3 is 1.51 bits per heavy atom. The first-order valence-electron chi connectivity index (χ1n) is 26.3. The molecule has 3 aliphatic heterocycles. The monoisotopic (exact) mass is 1160 g/mol. The van der Waals surface area contributed by atoms with Crippen LogP contribution in [-0.4, -0.2) is 242 Å². The minimum absolute atomic E-state index is 0.00493. The smallest absolute Gasteiger partial charge is 0.407 e. The maximum atomic E-state index is 13.9. The number of hydrogen-bond acceptors (Lipinski definition) is 22. The molecule has 0 bridgehead atoms. The zero-order valence-corrected chi connectivity index (χ0v) is 45.6. The lowest BCUT2D eigenvalue weighted by Crippen LogP contribution is -2.61. The summed E-state index contributed by atoms with van der Waals surface area (Å²) in [4.78, 5) is 113. The van der Waals surface area contributed by atoms with Crippen molar-refractivity contribution in [1.82, 2.24) is 20.9 Å². The van der Waals surface area contributed by atoms with Gasteiger partial charge in [0, 0.05) is 70.3 Å². The Morgan fingerprint density at radius 2 is 1.07 bits per heavy atom. The quantitative estimate of drug-likeness (QED) is 0.0159. The minimum Gasteiger partial charge on any atom is -0.479 e. The van der Waals surface area contributed by atoms with E-state index < -0.39 is 151 Å². The number of nitrogens with two attached hydrogens (primary N) is 4. The van der Waals surface area contributed by atoms with Gasteiger partial charge in [-0.05, 0) is 31.4 Å². The summed E-state index contributed by atoms with van der Waals surface area (Å²) < 4.78 is 43.8. The van der Waals surface area contributed by atoms with Crippen LogP contribution in [0.25, 0.3) is 0 Å². The molecular formula is C49H80N10O22. The van der Waals surface area contributed by atoms with E-state index in [0.717, 1.165) is 25.5 Å². The fourth-order valence-corrected chi connectivity index (χ4v) is 8.83. The molecule has 0 aliphatic carbocycles. The number of aliphatic carboxylic acids is 2. The highest BCUT2D eigenvalue weighted by Crippen LogP contribution is 2.32. The summed E-state index contributed by atoms with van der Waals surface area (Å²) in [6, 6.07) is -3.62. The van der Waals surface area contributed by atoms with E-state index in [1.54, 1.807) is 0 Å². The van der Waals surface area contributed by atoms with Crippen LogP contribution in [0.1, 0.15) is 59.3 Å². The largest absolute Gasteiger partial charge is 0.479 e. The van der Waals surface area contributed by atoms with Crippen LogP contribution in [0, 0.1) is 17.8 Å². The highest BCUT2D eigenvalue weighted by Gasteiger charge is 2.48. The average Bonchev–Trinajstić information content (AvgIpc) is 3.93. The predicted molar refractivity (Wildman–Crippen MR) is 280 cm³/mol. The number of guanidine groups is 2. The van der Waals surface area contributed by atoms with E-state index in [1.807, 2.05) is 6.92 Å². The number of ether oxygens (including phenoxy) is 8. The van der Waals surface area contributed by atoms with Gasteiger partial charge in [-0.15, -0.1) is 0 Å². The number of carbonyl (C=O) groups excluding carboxylic acids is 6. The number of Topliss-reactive ketones (excluding diaryl/α,β-unsaturated/α-hetero) is 2. The molecule has 458 valence electrons. The van der Waals surface area contributed by atoms with Gasteiger partial charge in [0.1, 0.15) is 29.9 Å². The van der Waals surface area contributed by atoms with Crippen LogP contribution >= 0.6 is 0 Å². The van der Waals surface area contributed by atoms with Gasteiger partial charge in [0.25, 0.3) is 0 Å². The van der Waals surface area contributed by atoms with Gasteiger partial charge in [0.15, 0.2) is 30.2 Å². The van der Waals surface area contributed by atoms with Gasteiger partial charge in [-0.3, -0.25) is 19.2 Å². The lowest BCUT2D eigenvalue weighted by atomic mass is 9.85. The van der Waals surface area contributed by atoms with Gasteiger partial charge >= 0.3 is 24.1 Å². The molecule has 3 rings (SSSR count). The van der Waals surface area contributed by atoms with E-state index in [-0.39, 0.29) is 84.1 Å². The molecule has 3 aliphatic rings.